The summed E-state index contributed by atoms with van der Waals surface area (Å²) in [7, 11) is 2.05. The second-order valence-corrected chi connectivity index (χ2v) is 6.80. The van der Waals surface area contributed by atoms with Crippen LogP contribution in [0.15, 0.2) is 20.4 Å². The monoisotopic (exact) mass is 357 g/mol. The average molecular weight is 358 g/mol. The van der Waals surface area contributed by atoms with Gasteiger partial charge in [0.2, 0.25) is 11.7 Å². The van der Waals surface area contributed by atoms with Crippen molar-refractivity contribution >= 4 is 27.3 Å². The van der Waals surface area contributed by atoms with Gasteiger partial charge in [-0.3, -0.25) is 4.90 Å². The third-order valence-electron chi connectivity index (χ3n) is 3.20. The fraction of sp³-hybridized carbons (Fsp3) is 0.538. The number of aromatic nitrogens is 2. The van der Waals surface area contributed by atoms with Crippen molar-refractivity contribution in [2.75, 3.05) is 20.2 Å². The Morgan fingerprint density at radius 3 is 3.15 bits per heavy atom. The molecule has 0 saturated carbocycles. The fourth-order valence-electron chi connectivity index (χ4n) is 2.28. The summed E-state index contributed by atoms with van der Waals surface area (Å²) >= 11 is 5.02. The molecule has 2 aromatic rings. The second kappa shape index (κ2) is 6.34. The zero-order chi connectivity index (χ0) is 13.9. The van der Waals surface area contributed by atoms with Gasteiger partial charge >= 0.3 is 0 Å². The van der Waals surface area contributed by atoms with Crippen LogP contribution in [0.3, 0.4) is 0 Å². The van der Waals surface area contributed by atoms with Crippen LogP contribution in [0.5, 0.6) is 0 Å². The van der Waals surface area contributed by atoms with Crippen molar-refractivity contribution in [3.05, 3.63) is 21.8 Å². The van der Waals surface area contributed by atoms with Gasteiger partial charge in [0.15, 0.2) is 0 Å². The summed E-state index contributed by atoms with van der Waals surface area (Å²) in [5.74, 6) is 1.30. The molecule has 0 amide bonds. The lowest BCUT2D eigenvalue weighted by atomic mass is 10.2. The molecule has 0 bridgehead atoms. The average Bonchev–Trinajstić information content (AvgIpc) is 3.10. The molecule has 7 heteroatoms. The van der Waals surface area contributed by atoms with Crippen LogP contribution in [0.4, 0.5) is 0 Å². The van der Waals surface area contributed by atoms with Gasteiger partial charge in [-0.1, -0.05) is 5.16 Å². The van der Waals surface area contributed by atoms with Crippen molar-refractivity contribution in [2.24, 2.45) is 0 Å². The highest BCUT2D eigenvalue weighted by atomic mass is 79.9. The molecule has 108 valence electrons. The highest BCUT2D eigenvalue weighted by Gasteiger charge is 2.19. The molecule has 0 radical (unpaired) electrons. The van der Waals surface area contributed by atoms with Crippen molar-refractivity contribution < 1.29 is 9.26 Å². The van der Waals surface area contributed by atoms with E-state index < -0.39 is 0 Å². The maximum atomic E-state index is 5.63. The molecule has 0 N–H and O–H groups in total. The topological polar surface area (TPSA) is 51.4 Å². The zero-order valence-corrected chi connectivity index (χ0v) is 13.6. The number of nitrogens with zero attached hydrogens (tertiary/aromatic N) is 3. The van der Waals surface area contributed by atoms with Crippen LogP contribution in [0, 0.1) is 0 Å². The Balaban J connectivity index is 1.59. The van der Waals surface area contributed by atoms with Gasteiger partial charge in [0.25, 0.3) is 0 Å². The Morgan fingerprint density at radius 2 is 2.45 bits per heavy atom. The molecular weight excluding hydrogens is 342 g/mol. The van der Waals surface area contributed by atoms with Crippen LogP contribution in [0.25, 0.3) is 10.7 Å². The highest BCUT2D eigenvalue weighted by Crippen LogP contribution is 2.27. The van der Waals surface area contributed by atoms with Crippen LogP contribution in [0.2, 0.25) is 0 Å². The molecule has 0 aliphatic carbocycles. The van der Waals surface area contributed by atoms with Crippen molar-refractivity contribution in [3.63, 3.8) is 0 Å². The quantitative estimate of drug-likeness (QED) is 0.822. The lowest BCUT2D eigenvalue weighted by molar-refractivity contribution is 0.0763. The molecule has 1 unspecified atom stereocenters. The predicted molar refractivity (Wildman–Crippen MR) is 80.6 cm³/mol. The van der Waals surface area contributed by atoms with E-state index in [1.165, 1.54) is 0 Å². The van der Waals surface area contributed by atoms with E-state index in [2.05, 4.69) is 31.0 Å². The van der Waals surface area contributed by atoms with E-state index in [-0.39, 0.29) is 0 Å². The van der Waals surface area contributed by atoms with Crippen LogP contribution >= 0.6 is 27.3 Å². The molecule has 1 fully saturated rings. The molecule has 20 heavy (non-hydrogen) atoms. The van der Waals surface area contributed by atoms with Gasteiger partial charge in [-0.15, -0.1) is 11.3 Å². The Kier molecular flexibility index (Phi) is 4.50. The third kappa shape index (κ3) is 3.46. The molecule has 1 saturated heterocycles. The van der Waals surface area contributed by atoms with Gasteiger partial charge < -0.3 is 9.26 Å². The summed E-state index contributed by atoms with van der Waals surface area (Å²) in [6, 6.07) is 2.00. The number of hydrogen-bond acceptors (Lipinski definition) is 6. The van der Waals surface area contributed by atoms with Crippen molar-refractivity contribution in [1.29, 1.82) is 0 Å². The first-order valence-corrected chi connectivity index (χ1v) is 8.25. The van der Waals surface area contributed by atoms with E-state index in [1.807, 2.05) is 18.5 Å². The number of hydrogen-bond donors (Lipinski definition) is 0. The van der Waals surface area contributed by atoms with E-state index in [0.29, 0.717) is 24.4 Å². The molecule has 1 aliphatic rings. The Hall–Kier alpha value is -0.760. The summed E-state index contributed by atoms with van der Waals surface area (Å²) < 4.78 is 12.0. The first-order chi connectivity index (χ1) is 9.70. The number of likely N-dealkylation sites (N-methyl/N-ethyl adjacent to an activating group) is 1. The van der Waals surface area contributed by atoms with E-state index >= 15 is 0 Å². The maximum Gasteiger partial charge on any atom is 0.241 e. The normalized spacial score (nSPS) is 19.1. The Bertz CT molecular complexity index is 565. The van der Waals surface area contributed by atoms with Crippen LogP contribution < -0.4 is 0 Å². The minimum atomic E-state index is 0.343. The fourth-order valence-corrected chi connectivity index (χ4v) is 3.63. The molecule has 1 atom stereocenters. The molecule has 3 rings (SSSR count). The van der Waals surface area contributed by atoms with E-state index in [4.69, 9.17) is 9.26 Å². The SMILES string of the molecule is CN(Cc1nc(-c2cc(Br)cs2)no1)CC1CCCO1. The van der Waals surface area contributed by atoms with E-state index in [0.717, 1.165) is 35.3 Å². The first-order valence-electron chi connectivity index (χ1n) is 6.58. The minimum Gasteiger partial charge on any atom is -0.377 e. The van der Waals surface area contributed by atoms with E-state index in [1.54, 1.807) is 11.3 Å². The van der Waals surface area contributed by atoms with Gasteiger partial charge in [0.1, 0.15) is 0 Å². The van der Waals surface area contributed by atoms with Crippen LogP contribution in [0.1, 0.15) is 18.7 Å². The van der Waals surface area contributed by atoms with Gasteiger partial charge in [-0.05, 0) is 41.9 Å². The van der Waals surface area contributed by atoms with Gasteiger partial charge in [0.05, 0.1) is 17.5 Å². The summed E-state index contributed by atoms with van der Waals surface area (Å²) in [5.41, 5.74) is 0. The van der Waals surface area contributed by atoms with Crippen molar-refractivity contribution in [3.8, 4) is 10.7 Å². The van der Waals surface area contributed by atoms with Crippen LogP contribution in [-0.4, -0.2) is 41.3 Å². The number of ether oxygens (including phenoxy) is 1. The van der Waals surface area contributed by atoms with Crippen molar-refractivity contribution in [2.45, 2.75) is 25.5 Å². The van der Waals surface area contributed by atoms with Gasteiger partial charge in [-0.2, -0.15) is 4.98 Å². The van der Waals surface area contributed by atoms with Gasteiger partial charge in [0, 0.05) is 23.0 Å². The number of rotatable bonds is 5. The standard InChI is InChI=1S/C13H16BrN3O2S/c1-17(6-10-3-2-4-18-10)7-12-15-13(16-19-12)11-5-9(14)8-20-11/h5,8,10H,2-4,6-7H2,1H3. The number of halogens is 1. The first kappa shape index (κ1) is 14.2. The molecule has 1 aliphatic heterocycles. The lowest BCUT2D eigenvalue weighted by Gasteiger charge is -2.18. The largest absolute Gasteiger partial charge is 0.377 e. The predicted octanol–water partition coefficient (Wildman–Crippen LogP) is 3.17. The van der Waals surface area contributed by atoms with Crippen LogP contribution in [-0.2, 0) is 11.3 Å². The summed E-state index contributed by atoms with van der Waals surface area (Å²) in [5, 5.41) is 6.04. The second-order valence-electron chi connectivity index (χ2n) is 4.97. The van der Waals surface area contributed by atoms with Crippen molar-refractivity contribution in [1.82, 2.24) is 15.0 Å². The molecule has 3 heterocycles. The molecule has 0 aromatic carbocycles. The molecule has 2 aromatic heterocycles. The zero-order valence-electron chi connectivity index (χ0n) is 11.2. The number of thiophene rings is 1. The highest BCUT2D eigenvalue weighted by molar-refractivity contribution is 9.10. The molecular formula is C13H16BrN3O2S. The van der Waals surface area contributed by atoms with Gasteiger partial charge in [-0.25, -0.2) is 0 Å². The summed E-state index contributed by atoms with van der Waals surface area (Å²) in [4.78, 5) is 7.61. The Morgan fingerprint density at radius 1 is 1.55 bits per heavy atom. The molecule has 5 nitrogen and oxygen atoms in total. The minimum absolute atomic E-state index is 0.343. The Labute approximate surface area is 130 Å². The lowest BCUT2D eigenvalue weighted by Crippen LogP contribution is -2.28. The third-order valence-corrected chi connectivity index (χ3v) is 4.89. The maximum absolute atomic E-state index is 5.63. The molecule has 0 spiro atoms. The summed E-state index contributed by atoms with van der Waals surface area (Å²) in [6.45, 7) is 2.44. The van der Waals surface area contributed by atoms with E-state index in [9.17, 15) is 0 Å². The smallest absolute Gasteiger partial charge is 0.241 e. The summed E-state index contributed by atoms with van der Waals surface area (Å²) in [6.07, 6.45) is 2.65.